The standard InChI is InChI=1S/C12H25N3O3S.HI/c1-10(2)8-18-6-5-14-12(13-3)15-11-4-7-19(16,17)9-11;/h10-11H,4-9H2,1-3H3,(H2,13,14,15);1H. The second kappa shape index (κ2) is 9.78. The predicted molar refractivity (Wildman–Crippen MR) is 92.6 cm³/mol. The number of halogens is 1. The Kier molecular flexibility index (Phi) is 9.73. The summed E-state index contributed by atoms with van der Waals surface area (Å²) >= 11 is 0. The van der Waals surface area contributed by atoms with E-state index in [1.807, 2.05) is 0 Å². The summed E-state index contributed by atoms with van der Waals surface area (Å²) in [6.07, 6.45) is 0.646. The van der Waals surface area contributed by atoms with Gasteiger partial charge in [0.05, 0.1) is 18.1 Å². The van der Waals surface area contributed by atoms with Gasteiger partial charge in [0.2, 0.25) is 0 Å². The van der Waals surface area contributed by atoms with Crippen molar-refractivity contribution in [3.63, 3.8) is 0 Å². The minimum Gasteiger partial charge on any atom is -0.379 e. The molecule has 1 heterocycles. The van der Waals surface area contributed by atoms with E-state index in [9.17, 15) is 8.42 Å². The van der Waals surface area contributed by atoms with Crippen molar-refractivity contribution < 1.29 is 13.2 Å². The molecule has 8 heteroatoms. The van der Waals surface area contributed by atoms with Crippen molar-refractivity contribution in [2.45, 2.75) is 26.3 Å². The molecule has 0 bridgehead atoms. The Morgan fingerprint density at radius 3 is 2.65 bits per heavy atom. The Hall–Kier alpha value is -0.0900. The molecule has 0 aromatic rings. The topological polar surface area (TPSA) is 79.8 Å². The van der Waals surface area contributed by atoms with E-state index in [1.54, 1.807) is 7.05 Å². The Morgan fingerprint density at radius 2 is 2.15 bits per heavy atom. The van der Waals surface area contributed by atoms with Crippen molar-refractivity contribution in [2.24, 2.45) is 10.9 Å². The first-order valence-corrected chi connectivity index (χ1v) is 8.50. The van der Waals surface area contributed by atoms with Crippen LogP contribution in [0.15, 0.2) is 4.99 Å². The summed E-state index contributed by atoms with van der Waals surface area (Å²) < 4.78 is 28.2. The largest absolute Gasteiger partial charge is 0.379 e. The first-order valence-electron chi connectivity index (χ1n) is 6.68. The lowest BCUT2D eigenvalue weighted by atomic mass is 10.2. The van der Waals surface area contributed by atoms with Crippen LogP contribution in [0.3, 0.4) is 0 Å². The second-order valence-electron chi connectivity index (χ2n) is 5.21. The molecule has 6 nitrogen and oxygen atoms in total. The highest BCUT2D eigenvalue weighted by atomic mass is 127. The number of nitrogens with one attached hydrogen (secondary N) is 2. The Morgan fingerprint density at radius 1 is 1.45 bits per heavy atom. The predicted octanol–water partition coefficient (Wildman–Crippen LogP) is 0.629. The number of ether oxygens (including phenoxy) is 1. The summed E-state index contributed by atoms with van der Waals surface area (Å²) in [6.45, 7) is 6.23. The SMILES string of the molecule is CN=C(NCCOCC(C)C)NC1CCS(=O)(=O)C1.I. The van der Waals surface area contributed by atoms with Crippen LogP contribution < -0.4 is 10.6 Å². The minimum atomic E-state index is -2.86. The van der Waals surface area contributed by atoms with Gasteiger partial charge < -0.3 is 15.4 Å². The molecule has 1 unspecified atom stereocenters. The van der Waals surface area contributed by atoms with Crippen LogP contribution in [-0.4, -0.2) is 58.7 Å². The third kappa shape index (κ3) is 8.25. The van der Waals surface area contributed by atoms with E-state index in [1.165, 1.54) is 0 Å². The Bertz CT molecular complexity index is 399. The van der Waals surface area contributed by atoms with Crippen molar-refractivity contribution in [1.82, 2.24) is 10.6 Å². The van der Waals surface area contributed by atoms with Crippen LogP contribution >= 0.6 is 24.0 Å². The zero-order valence-electron chi connectivity index (χ0n) is 12.4. The molecule has 1 fully saturated rings. The highest BCUT2D eigenvalue weighted by Crippen LogP contribution is 2.10. The lowest BCUT2D eigenvalue weighted by molar-refractivity contribution is 0.114. The number of aliphatic imine (C=N–C) groups is 1. The second-order valence-corrected chi connectivity index (χ2v) is 7.44. The van der Waals surface area contributed by atoms with Gasteiger partial charge in [-0.2, -0.15) is 0 Å². The van der Waals surface area contributed by atoms with E-state index >= 15 is 0 Å². The summed E-state index contributed by atoms with van der Waals surface area (Å²) in [5, 5.41) is 6.24. The molecule has 0 radical (unpaired) electrons. The first-order chi connectivity index (χ1) is 8.93. The maximum Gasteiger partial charge on any atom is 0.191 e. The van der Waals surface area contributed by atoms with Crippen LogP contribution in [0.2, 0.25) is 0 Å². The lowest BCUT2D eigenvalue weighted by Crippen LogP contribution is -2.44. The molecule has 1 saturated heterocycles. The summed E-state index contributed by atoms with van der Waals surface area (Å²) in [6, 6.07) is -0.0345. The van der Waals surface area contributed by atoms with Gasteiger partial charge in [0.1, 0.15) is 0 Å². The maximum atomic E-state index is 11.4. The van der Waals surface area contributed by atoms with Gasteiger partial charge in [-0.05, 0) is 12.3 Å². The molecule has 0 amide bonds. The van der Waals surface area contributed by atoms with Gasteiger partial charge in [-0.25, -0.2) is 8.42 Å². The molecule has 0 saturated carbocycles. The molecular weight excluding hydrogens is 393 g/mol. The molecule has 1 atom stereocenters. The van der Waals surface area contributed by atoms with Crippen LogP contribution in [0.4, 0.5) is 0 Å². The van der Waals surface area contributed by atoms with Gasteiger partial charge in [0.15, 0.2) is 15.8 Å². The summed E-state index contributed by atoms with van der Waals surface area (Å²) in [5.74, 6) is 1.62. The number of hydrogen-bond acceptors (Lipinski definition) is 4. The highest BCUT2D eigenvalue weighted by Gasteiger charge is 2.28. The number of nitrogens with zero attached hydrogens (tertiary/aromatic N) is 1. The molecule has 0 spiro atoms. The van der Waals surface area contributed by atoms with Crippen LogP contribution in [0.5, 0.6) is 0 Å². The number of rotatable bonds is 6. The molecule has 2 N–H and O–H groups in total. The summed E-state index contributed by atoms with van der Waals surface area (Å²) in [5.41, 5.74) is 0. The van der Waals surface area contributed by atoms with Crippen molar-refractivity contribution in [3.8, 4) is 0 Å². The highest BCUT2D eigenvalue weighted by molar-refractivity contribution is 14.0. The Labute approximate surface area is 139 Å². The minimum absolute atomic E-state index is 0. The first kappa shape index (κ1) is 19.9. The summed E-state index contributed by atoms with van der Waals surface area (Å²) in [4.78, 5) is 4.08. The van der Waals surface area contributed by atoms with Crippen LogP contribution in [0.25, 0.3) is 0 Å². The molecule has 1 rings (SSSR count). The third-order valence-electron chi connectivity index (χ3n) is 2.79. The number of hydrogen-bond donors (Lipinski definition) is 2. The fraction of sp³-hybridized carbons (Fsp3) is 0.917. The van der Waals surface area contributed by atoms with Crippen LogP contribution in [0.1, 0.15) is 20.3 Å². The smallest absolute Gasteiger partial charge is 0.191 e. The van der Waals surface area contributed by atoms with E-state index in [-0.39, 0.29) is 41.5 Å². The summed E-state index contributed by atoms with van der Waals surface area (Å²) in [7, 11) is -1.18. The van der Waals surface area contributed by atoms with Gasteiger partial charge in [-0.15, -0.1) is 24.0 Å². The van der Waals surface area contributed by atoms with Gasteiger partial charge in [0, 0.05) is 26.2 Å². The third-order valence-corrected chi connectivity index (χ3v) is 4.55. The van der Waals surface area contributed by atoms with Crippen molar-refractivity contribution in [2.75, 3.05) is 38.3 Å². The van der Waals surface area contributed by atoms with E-state index in [4.69, 9.17) is 4.74 Å². The zero-order valence-corrected chi connectivity index (χ0v) is 15.5. The zero-order chi connectivity index (χ0) is 14.3. The molecule has 20 heavy (non-hydrogen) atoms. The molecule has 1 aliphatic rings. The average Bonchev–Trinajstić information content (AvgIpc) is 2.66. The molecule has 0 aromatic heterocycles. The molecular formula is C12H26IN3O3S. The van der Waals surface area contributed by atoms with Crippen molar-refractivity contribution in [1.29, 1.82) is 0 Å². The molecule has 0 aliphatic carbocycles. The number of sulfone groups is 1. The monoisotopic (exact) mass is 419 g/mol. The fourth-order valence-corrected chi connectivity index (χ4v) is 3.53. The Balaban J connectivity index is 0.00000361. The van der Waals surface area contributed by atoms with E-state index in [0.29, 0.717) is 31.4 Å². The molecule has 0 aromatic carbocycles. The van der Waals surface area contributed by atoms with E-state index < -0.39 is 9.84 Å². The van der Waals surface area contributed by atoms with Crippen LogP contribution in [0, 0.1) is 5.92 Å². The molecule has 120 valence electrons. The van der Waals surface area contributed by atoms with Crippen molar-refractivity contribution >= 4 is 39.8 Å². The average molecular weight is 419 g/mol. The van der Waals surface area contributed by atoms with Crippen LogP contribution in [-0.2, 0) is 14.6 Å². The van der Waals surface area contributed by atoms with E-state index in [2.05, 4.69) is 29.5 Å². The quantitative estimate of drug-likeness (QED) is 0.286. The lowest BCUT2D eigenvalue weighted by Gasteiger charge is -2.16. The van der Waals surface area contributed by atoms with Gasteiger partial charge in [-0.3, -0.25) is 4.99 Å². The van der Waals surface area contributed by atoms with Gasteiger partial charge in [0.25, 0.3) is 0 Å². The molecule has 1 aliphatic heterocycles. The fourth-order valence-electron chi connectivity index (χ4n) is 1.86. The van der Waals surface area contributed by atoms with E-state index in [0.717, 1.165) is 6.61 Å². The van der Waals surface area contributed by atoms with Gasteiger partial charge in [-0.1, -0.05) is 13.8 Å². The van der Waals surface area contributed by atoms with Crippen molar-refractivity contribution in [3.05, 3.63) is 0 Å². The normalized spacial score (nSPS) is 21.6. The van der Waals surface area contributed by atoms with Gasteiger partial charge >= 0.3 is 0 Å². The number of guanidine groups is 1. The maximum absolute atomic E-state index is 11.4.